The highest BCUT2D eigenvalue weighted by atomic mass is 16.5. The van der Waals surface area contributed by atoms with Crippen LogP contribution in [0.2, 0.25) is 0 Å². The van der Waals surface area contributed by atoms with E-state index in [9.17, 15) is 4.79 Å². The molecule has 98 valence electrons. The first-order valence-corrected chi connectivity index (χ1v) is 6.30. The third-order valence-corrected chi connectivity index (χ3v) is 2.91. The Labute approximate surface area is 104 Å². The lowest BCUT2D eigenvalue weighted by Crippen LogP contribution is -2.40. The van der Waals surface area contributed by atoms with E-state index >= 15 is 0 Å². The van der Waals surface area contributed by atoms with Crippen LogP contribution in [-0.4, -0.2) is 50.8 Å². The number of rotatable bonds is 6. The average molecular weight is 241 g/mol. The van der Waals surface area contributed by atoms with Crippen LogP contribution in [0.3, 0.4) is 0 Å². The molecule has 0 spiro atoms. The summed E-state index contributed by atoms with van der Waals surface area (Å²) in [6.45, 7) is 5.68. The summed E-state index contributed by atoms with van der Waals surface area (Å²) in [5.74, 6) is 0.576. The standard InChI is InChI=1S/C13H23NO3/c1-3-17-11-12-6-4-8-14(10-12)13(15)7-5-9-16-2/h5,7,12H,3-4,6,8-11H2,1-2H3/b7-5+. The van der Waals surface area contributed by atoms with E-state index in [-0.39, 0.29) is 5.91 Å². The van der Waals surface area contributed by atoms with E-state index in [0.29, 0.717) is 12.5 Å². The van der Waals surface area contributed by atoms with Crippen molar-refractivity contribution in [3.05, 3.63) is 12.2 Å². The highest BCUT2D eigenvalue weighted by Gasteiger charge is 2.22. The lowest BCUT2D eigenvalue weighted by molar-refractivity contribution is -0.128. The van der Waals surface area contributed by atoms with Gasteiger partial charge in [0.05, 0.1) is 13.2 Å². The monoisotopic (exact) mass is 241 g/mol. The van der Waals surface area contributed by atoms with E-state index in [1.807, 2.05) is 11.8 Å². The molecule has 4 nitrogen and oxygen atoms in total. The summed E-state index contributed by atoms with van der Waals surface area (Å²) in [6, 6.07) is 0. The zero-order valence-corrected chi connectivity index (χ0v) is 10.9. The van der Waals surface area contributed by atoms with Gasteiger partial charge < -0.3 is 14.4 Å². The quantitative estimate of drug-likeness (QED) is 0.661. The number of hydrogen-bond donors (Lipinski definition) is 0. The van der Waals surface area contributed by atoms with Crippen LogP contribution in [0.15, 0.2) is 12.2 Å². The molecule has 1 amide bonds. The predicted octanol–water partition coefficient (Wildman–Crippen LogP) is 1.46. The van der Waals surface area contributed by atoms with E-state index in [1.54, 1.807) is 19.3 Å². The summed E-state index contributed by atoms with van der Waals surface area (Å²) < 4.78 is 10.3. The maximum Gasteiger partial charge on any atom is 0.246 e. The van der Waals surface area contributed by atoms with Gasteiger partial charge in [-0.2, -0.15) is 0 Å². The first kappa shape index (κ1) is 14.2. The Morgan fingerprint density at radius 2 is 2.35 bits per heavy atom. The second kappa shape index (κ2) is 8.25. The number of carbonyl (C=O) groups excluding carboxylic acids is 1. The molecule has 1 unspecified atom stereocenters. The normalized spacial score (nSPS) is 21.1. The largest absolute Gasteiger partial charge is 0.381 e. The van der Waals surface area contributed by atoms with Crippen LogP contribution in [0, 0.1) is 5.92 Å². The number of carbonyl (C=O) groups is 1. The third-order valence-electron chi connectivity index (χ3n) is 2.91. The second-order valence-corrected chi connectivity index (χ2v) is 4.31. The van der Waals surface area contributed by atoms with Gasteiger partial charge in [0.1, 0.15) is 0 Å². The number of piperidine rings is 1. The number of ether oxygens (including phenoxy) is 2. The third kappa shape index (κ3) is 5.33. The van der Waals surface area contributed by atoms with Crippen LogP contribution >= 0.6 is 0 Å². The molecule has 17 heavy (non-hydrogen) atoms. The molecule has 1 saturated heterocycles. The van der Waals surface area contributed by atoms with Crippen LogP contribution in [0.4, 0.5) is 0 Å². The van der Waals surface area contributed by atoms with Gasteiger partial charge in [-0.05, 0) is 25.7 Å². The smallest absolute Gasteiger partial charge is 0.246 e. The van der Waals surface area contributed by atoms with Crippen LogP contribution in [0.5, 0.6) is 0 Å². The van der Waals surface area contributed by atoms with Gasteiger partial charge in [0.15, 0.2) is 0 Å². The number of methoxy groups -OCH3 is 1. The Morgan fingerprint density at radius 1 is 1.53 bits per heavy atom. The summed E-state index contributed by atoms with van der Waals surface area (Å²) in [5.41, 5.74) is 0. The zero-order chi connectivity index (χ0) is 12.5. The van der Waals surface area contributed by atoms with E-state index in [1.165, 1.54) is 0 Å². The molecular formula is C13H23NO3. The lowest BCUT2D eigenvalue weighted by atomic mass is 9.99. The van der Waals surface area contributed by atoms with Crippen LogP contribution < -0.4 is 0 Å². The Morgan fingerprint density at radius 3 is 3.06 bits per heavy atom. The van der Waals surface area contributed by atoms with Crippen molar-refractivity contribution in [3.8, 4) is 0 Å². The summed E-state index contributed by atoms with van der Waals surface area (Å²) in [5, 5.41) is 0. The van der Waals surface area contributed by atoms with Gasteiger partial charge in [0.25, 0.3) is 0 Å². The molecule has 1 rings (SSSR count). The molecule has 0 aliphatic carbocycles. The average Bonchev–Trinajstić information content (AvgIpc) is 2.37. The number of hydrogen-bond acceptors (Lipinski definition) is 3. The molecule has 0 aromatic heterocycles. The van der Waals surface area contributed by atoms with Crippen molar-refractivity contribution < 1.29 is 14.3 Å². The van der Waals surface area contributed by atoms with Gasteiger partial charge in [-0.3, -0.25) is 4.79 Å². The number of nitrogens with zero attached hydrogens (tertiary/aromatic N) is 1. The van der Waals surface area contributed by atoms with Crippen LogP contribution in [0.25, 0.3) is 0 Å². The highest BCUT2D eigenvalue weighted by molar-refractivity contribution is 5.87. The Kier molecular flexibility index (Phi) is 6.89. The van der Waals surface area contributed by atoms with Gasteiger partial charge in [0, 0.05) is 32.9 Å². The molecular weight excluding hydrogens is 218 g/mol. The summed E-state index contributed by atoms with van der Waals surface area (Å²) in [6.07, 6.45) is 5.59. The van der Waals surface area contributed by atoms with Gasteiger partial charge in [-0.15, -0.1) is 0 Å². The molecule has 0 N–H and O–H groups in total. The van der Waals surface area contributed by atoms with Gasteiger partial charge in [0.2, 0.25) is 5.91 Å². The Bertz CT molecular complexity index is 253. The Hall–Kier alpha value is -0.870. The van der Waals surface area contributed by atoms with Crippen molar-refractivity contribution in [2.24, 2.45) is 5.92 Å². The molecule has 0 aromatic rings. The summed E-state index contributed by atoms with van der Waals surface area (Å²) in [4.78, 5) is 13.7. The first-order chi connectivity index (χ1) is 8.27. The van der Waals surface area contributed by atoms with Crippen LogP contribution in [-0.2, 0) is 14.3 Å². The SMILES string of the molecule is CCOCC1CCCN(C(=O)/C=C/COC)C1. The molecule has 1 aliphatic heterocycles. The van der Waals surface area contributed by atoms with Gasteiger partial charge in [-0.25, -0.2) is 0 Å². The molecule has 0 saturated carbocycles. The van der Waals surface area contributed by atoms with E-state index < -0.39 is 0 Å². The van der Waals surface area contributed by atoms with E-state index in [4.69, 9.17) is 9.47 Å². The maximum absolute atomic E-state index is 11.8. The number of likely N-dealkylation sites (tertiary alicyclic amines) is 1. The molecule has 1 fully saturated rings. The molecule has 0 radical (unpaired) electrons. The minimum absolute atomic E-state index is 0.0863. The van der Waals surface area contributed by atoms with Crippen LogP contribution in [0.1, 0.15) is 19.8 Å². The molecule has 0 aromatic carbocycles. The highest BCUT2D eigenvalue weighted by Crippen LogP contribution is 2.17. The zero-order valence-electron chi connectivity index (χ0n) is 10.9. The van der Waals surface area contributed by atoms with Crippen molar-refractivity contribution in [2.45, 2.75) is 19.8 Å². The van der Waals surface area contributed by atoms with Gasteiger partial charge >= 0.3 is 0 Å². The molecule has 4 heteroatoms. The summed E-state index contributed by atoms with van der Waals surface area (Å²) >= 11 is 0. The van der Waals surface area contributed by atoms with Crippen molar-refractivity contribution in [1.29, 1.82) is 0 Å². The lowest BCUT2D eigenvalue weighted by Gasteiger charge is -2.31. The van der Waals surface area contributed by atoms with Gasteiger partial charge in [-0.1, -0.05) is 6.08 Å². The fourth-order valence-electron chi connectivity index (χ4n) is 2.04. The minimum Gasteiger partial charge on any atom is -0.381 e. The fraction of sp³-hybridized carbons (Fsp3) is 0.769. The topological polar surface area (TPSA) is 38.8 Å². The first-order valence-electron chi connectivity index (χ1n) is 6.30. The minimum atomic E-state index is 0.0863. The van der Waals surface area contributed by atoms with E-state index in [0.717, 1.165) is 39.1 Å². The predicted molar refractivity (Wildman–Crippen MR) is 66.8 cm³/mol. The van der Waals surface area contributed by atoms with Crippen molar-refractivity contribution >= 4 is 5.91 Å². The van der Waals surface area contributed by atoms with Crippen molar-refractivity contribution in [3.63, 3.8) is 0 Å². The molecule has 1 aliphatic rings. The van der Waals surface area contributed by atoms with Crippen molar-refractivity contribution in [2.75, 3.05) is 40.0 Å². The molecule has 0 bridgehead atoms. The maximum atomic E-state index is 11.8. The number of amides is 1. The Balaban J connectivity index is 2.34. The fourth-order valence-corrected chi connectivity index (χ4v) is 2.04. The second-order valence-electron chi connectivity index (χ2n) is 4.31. The molecule has 1 heterocycles. The molecule has 1 atom stereocenters. The van der Waals surface area contributed by atoms with Crippen molar-refractivity contribution in [1.82, 2.24) is 4.90 Å². The van der Waals surface area contributed by atoms with E-state index in [2.05, 4.69) is 0 Å². The summed E-state index contributed by atoms with van der Waals surface area (Å²) in [7, 11) is 1.62.